The second-order valence-electron chi connectivity index (χ2n) is 3.20. The van der Waals surface area contributed by atoms with E-state index >= 15 is 0 Å². The normalized spacial score (nSPS) is 11.9. The van der Waals surface area contributed by atoms with Crippen LogP contribution in [-0.2, 0) is 9.47 Å². The minimum absolute atomic E-state index is 0.0908. The lowest BCUT2D eigenvalue weighted by Gasteiger charge is -2.10. The fourth-order valence-electron chi connectivity index (χ4n) is 1.09. The molecule has 5 heteroatoms. The van der Waals surface area contributed by atoms with E-state index in [1.165, 1.54) is 7.11 Å². The predicted molar refractivity (Wildman–Crippen MR) is 59.3 cm³/mol. The molecule has 1 aromatic rings. The number of hydrogen-bond donors (Lipinski definition) is 2. The van der Waals surface area contributed by atoms with Gasteiger partial charge in [-0.25, -0.2) is 4.79 Å². The predicted octanol–water partition coefficient (Wildman–Crippen LogP) is 1.24. The van der Waals surface area contributed by atoms with Gasteiger partial charge < -0.3 is 14.6 Å². The summed E-state index contributed by atoms with van der Waals surface area (Å²) in [4.78, 5) is 11.2. The quantitative estimate of drug-likeness (QED) is 0.791. The van der Waals surface area contributed by atoms with E-state index in [2.05, 4.69) is 5.32 Å². The van der Waals surface area contributed by atoms with Crippen molar-refractivity contribution in [3.63, 3.8) is 0 Å². The summed E-state index contributed by atoms with van der Waals surface area (Å²) < 4.78 is 9.47. The summed E-state index contributed by atoms with van der Waals surface area (Å²) in [5, 5.41) is 11.8. The van der Waals surface area contributed by atoms with Gasteiger partial charge in [-0.2, -0.15) is 0 Å². The minimum atomic E-state index is -0.800. The summed E-state index contributed by atoms with van der Waals surface area (Å²) in [7, 11) is 1.47. The fourth-order valence-corrected chi connectivity index (χ4v) is 1.09. The summed E-state index contributed by atoms with van der Waals surface area (Å²) in [5.74, 6) is 0. The molecular weight excluding hydrogens is 210 g/mol. The number of carbonyl (C=O) groups is 1. The number of rotatable bonds is 5. The Kier molecular flexibility index (Phi) is 5.31. The monoisotopic (exact) mass is 225 g/mol. The van der Waals surface area contributed by atoms with Crippen LogP contribution in [0.5, 0.6) is 0 Å². The number of nitrogens with one attached hydrogen (secondary N) is 1. The van der Waals surface area contributed by atoms with E-state index < -0.39 is 12.2 Å². The Morgan fingerprint density at radius 1 is 1.38 bits per heavy atom. The lowest BCUT2D eigenvalue weighted by Crippen LogP contribution is -2.25. The molecular formula is C11H15NO4. The van der Waals surface area contributed by atoms with E-state index in [-0.39, 0.29) is 13.2 Å². The van der Waals surface area contributed by atoms with E-state index in [4.69, 9.17) is 9.47 Å². The van der Waals surface area contributed by atoms with Crippen molar-refractivity contribution in [2.75, 3.05) is 25.6 Å². The lowest BCUT2D eigenvalue weighted by molar-refractivity contribution is 0.0194. The summed E-state index contributed by atoms with van der Waals surface area (Å²) in [6.45, 7) is 0.0467. The van der Waals surface area contributed by atoms with Crippen LogP contribution in [0.3, 0.4) is 0 Å². The molecule has 5 nitrogen and oxygen atoms in total. The molecule has 1 aromatic carbocycles. The van der Waals surface area contributed by atoms with Crippen molar-refractivity contribution in [1.82, 2.24) is 0 Å². The van der Waals surface area contributed by atoms with E-state index in [0.29, 0.717) is 5.69 Å². The maximum absolute atomic E-state index is 11.2. The van der Waals surface area contributed by atoms with Crippen LogP contribution in [0, 0.1) is 0 Å². The van der Waals surface area contributed by atoms with Gasteiger partial charge in [-0.15, -0.1) is 0 Å². The molecule has 0 spiro atoms. The van der Waals surface area contributed by atoms with Gasteiger partial charge in [0.2, 0.25) is 0 Å². The summed E-state index contributed by atoms with van der Waals surface area (Å²) in [5.41, 5.74) is 0.647. The molecule has 0 saturated carbocycles. The molecule has 1 atom stereocenters. The van der Waals surface area contributed by atoms with E-state index in [1.807, 2.05) is 6.07 Å². The summed E-state index contributed by atoms with van der Waals surface area (Å²) in [6, 6.07) is 8.93. The fraction of sp³-hybridized carbons (Fsp3) is 0.364. The van der Waals surface area contributed by atoms with E-state index in [1.54, 1.807) is 24.3 Å². The Labute approximate surface area is 94.0 Å². The number of para-hydroxylation sites is 1. The van der Waals surface area contributed by atoms with Crippen LogP contribution in [0.25, 0.3) is 0 Å². The first-order valence-corrected chi connectivity index (χ1v) is 4.88. The highest BCUT2D eigenvalue weighted by Crippen LogP contribution is 2.05. The van der Waals surface area contributed by atoms with Gasteiger partial charge >= 0.3 is 6.09 Å². The first kappa shape index (κ1) is 12.5. The molecule has 0 aliphatic rings. The number of benzene rings is 1. The number of hydrogen-bond acceptors (Lipinski definition) is 4. The van der Waals surface area contributed by atoms with Gasteiger partial charge in [0.25, 0.3) is 0 Å². The van der Waals surface area contributed by atoms with Gasteiger partial charge in [-0.3, -0.25) is 5.32 Å². The molecule has 88 valence electrons. The van der Waals surface area contributed by atoms with Crippen LogP contribution in [0.2, 0.25) is 0 Å². The van der Waals surface area contributed by atoms with Crippen molar-refractivity contribution >= 4 is 11.8 Å². The SMILES string of the molecule is COCC(O)COC(=O)Nc1ccccc1. The molecule has 1 unspecified atom stereocenters. The highest BCUT2D eigenvalue weighted by molar-refractivity contribution is 5.84. The third kappa shape index (κ3) is 4.77. The van der Waals surface area contributed by atoms with Gasteiger partial charge in [0, 0.05) is 12.8 Å². The first-order valence-electron chi connectivity index (χ1n) is 4.88. The maximum atomic E-state index is 11.2. The third-order valence-corrected chi connectivity index (χ3v) is 1.79. The zero-order valence-electron chi connectivity index (χ0n) is 9.05. The summed E-state index contributed by atoms with van der Waals surface area (Å²) >= 11 is 0. The zero-order valence-corrected chi connectivity index (χ0v) is 9.05. The van der Waals surface area contributed by atoms with Crippen molar-refractivity contribution in [3.8, 4) is 0 Å². The van der Waals surface area contributed by atoms with Crippen LogP contribution >= 0.6 is 0 Å². The van der Waals surface area contributed by atoms with Crippen molar-refractivity contribution in [3.05, 3.63) is 30.3 Å². The second kappa shape index (κ2) is 6.81. The lowest BCUT2D eigenvalue weighted by atomic mass is 10.3. The number of amides is 1. The number of anilines is 1. The van der Waals surface area contributed by atoms with E-state index in [9.17, 15) is 9.90 Å². The second-order valence-corrected chi connectivity index (χ2v) is 3.20. The number of aliphatic hydroxyl groups excluding tert-OH is 1. The van der Waals surface area contributed by atoms with Crippen molar-refractivity contribution in [1.29, 1.82) is 0 Å². The van der Waals surface area contributed by atoms with Crippen LogP contribution in [0.15, 0.2) is 30.3 Å². The molecule has 0 saturated heterocycles. The Morgan fingerprint density at radius 2 is 2.06 bits per heavy atom. The molecule has 0 heterocycles. The van der Waals surface area contributed by atoms with Gasteiger partial charge in [0.05, 0.1) is 6.61 Å². The number of methoxy groups -OCH3 is 1. The minimum Gasteiger partial charge on any atom is -0.446 e. The Morgan fingerprint density at radius 3 is 2.69 bits per heavy atom. The van der Waals surface area contributed by atoms with Crippen molar-refractivity contribution < 1.29 is 19.4 Å². The van der Waals surface area contributed by atoms with Crippen LogP contribution < -0.4 is 5.32 Å². The van der Waals surface area contributed by atoms with Crippen molar-refractivity contribution in [2.24, 2.45) is 0 Å². The standard InChI is InChI=1S/C11H15NO4/c1-15-7-10(13)8-16-11(14)12-9-5-3-2-4-6-9/h2-6,10,13H,7-8H2,1H3,(H,12,14). The summed E-state index contributed by atoms with van der Waals surface area (Å²) in [6.07, 6.45) is -1.40. The van der Waals surface area contributed by atoms with Crippen LogP contribution in [0.4, 0.5) is 10.5 Å². The van der Waals surface area contributed by atoms with Gasteiger partial charge in [-0.1, -0.05) is 18.2 Å². The van der Waals surface area contributed by atoms with Gasteiger partial charge in [0.15, 0.2) is 0 Å². The van der Waals surface area contributed by atoms with Crippen LogP contribution in [0.1, 0.15) is 0 Å². The molecule has 0 fully saturated rings. The smallest absolute Gasteiger partial charge is 0.411 e. The van der Waals surface area contributed by atoms with Crippen molar-refractivity contribution in [2.45, 2.75) is 6.10 Å². The van der Waals surface area contributed by atoms with E-state index in [0.717, 1.165) is 0 Å². The average Bonchev–Trinajstić information content (AvgIpc) is 2.28. The molecule has 1 rings (SSSR count). The van der Waals surface area contributed by atoms with Gasteiger partial charge in [-0.05, 0) is 12.1 Å². The Bertz CT molecular complexity index is 315. The molecule has 1 amide bonds. The molecule has 0 bridgehead atoms. The molecule has 0 aliphatic heterocycles. The first-order chi connectivity index (χ1) is 7.72. The number of aliphatic hydroxyl groups is 1. The third-order valence-electron chi connectivity index (χ3n) is 1.79. The van der Waals surface area contributed by atoms with Crippen LogP contribution in [-0.4, -0.2) is 37.6 Å². The molecule has 2 N–H and O–H groups in total. The number of carbonyl (C=O) groups excluding carboxylic acids is 1. The zero-order chi connectivity index (χ0) is 11.8. The molecule has 0 aromatic heterocycles. The average molecular weight is 225 g/mol. The topological polar surface area (TPSA) is 67.8 Å². The highest BCUT2D eigenvalue weighted by atomic mass is 16.6. The molecule has 0 aliphatic carbocycles. The van der Waals surface area contributed by atoms with Gasteiger partial charge in [0.1, 0.15) is 12.7 Å². The maximum Gasteiger partial charge on any atom is 0.411 e. The Hall–Kier alpha value is -1.59. The highest BCUT2D eigenvalue weighted by Gasteiger charge is 2.08. The molecule has 0 radical (unpaired) electrons. The Balaban J connectivity index is 2.26. The molecule has 16 heavy (non-hydrogen) atoms. The number of ether oxygens (including phenoxy) is 2. The largest absolute Gasteiger partial charge is 0.446 e.